The number of rotatable bonds is 3. The average Bonchev–Trinajstić information content (AvgIpc) is 2.50. The van der Waals surface area contributed by atoms with Crippen molar-refractivity contribution in [2.24, 2.45) is 5.73 Å². The van der Waals surface area contributed by atoms with Gasteiger partial charge in [-0.1, -0.05) is 6.07 Å². The number of nitrogens with one attached hydrogen (secondary N) is 1. The molecule has 1 atom stereocenters. The van der Waals surface area contributed by atoms with Crippen LogP contribution in [0.1, 0.15) is 40.2 Å². The standard InChI is InChI=1S/C14H23BN2O3/c1-9(16)8-10-6-7-11(18)17-12(10)15-19-13(2,3)14(4,5)20-15/h6-7,9H,8,16H2,1-5H3,(H,17,18). The van der Waals surface area contributed by atoms with Crippen molar-refractivity contribution in [2.45, 2.75) is 58.3 Å². The van der Waals surface area contributed by atoms with Gasteiger partial charge < -0.3 is 20.0 Å². The van der Waals surface area contributed by atoms with Crippen molar-refractivity contribution < 1.29 is 9.31 Å². The summed E-state index contributed by atoms with van der Waals surface area (Å²) in [6, 6.07) is 3.30. The van der Waals surface area contributed by atoms with Gasteiger partial charge in [0.15, 0.2) is 0 Å². The highest BCUT2D eigenvalue weighted by molar-refractivity contribution is 6.61. The highest BCUT2D eigenvalue weighted by Crippen LogP contribution is 2.36. The molecule has 20 heavy (non-hydrogen) atoms. The quantitative estimate of drug-likeness (QED) is 0.792. The molecule has 1 aliphatic heterocycles. The molecular weight excluding hydrogens is 255 g/mol. The lowest BCUT2D eigenvalue weighted by molar-refractivity contribution is 0.00578. The van der Waals surface area contributed by atoms with Crippen LogP contribution in [0, 0.1) is 0 Å². The maximum Gasteiger partial charge on any atom is 0.512 e. The minimum atomic E-state index is -0.567. The van der Waals surface area contributed by atoms with E-state index >= 15 is 0 Å². The van der Waals surface area contributed by atoms with Gasteiger partial charge in [0.1, 0.15) is 0 Å². The summed E-state index contributed by atoms with van der Waals surface area (Å²) < 4.78 is 12.0. The fourth-order valence-corrected chi connectivity index (χ4v) is 2.22. The van der Waals surface area contributed by atoms with Crippen molar-refractivity contribution in [3.05, 3.63) is 28.0 Å². The predicted octanol–water partition coefficient (Wildman–Crippen LogP) is 0.564. The monoisotopic (exact) mass is 278 g/mol. The van der Waals surface area contributed by atoms with Crippen molar-refractivity contribution >= 4 is 12.7 Å². The first-order chi connectivity index (χ1) is 9.12. The van der Waals surface area contributed by atoms with Crippen LogP contribution in [0.4, 0.5) is 0 Å². The second-order valence-corrected chi connectivity index (χ2v) is 6.53. The Balaban J connectivity index is 2.38. The zero-order chi connectivity index (χ0) is 15.1. The van der Waals surface area contributed by atoms with Crippen LogP contribution in [-0.4, -0.2) is 29.3 Å². The molecule has 0 radical (unpaired) electrons. The van der Waals surface area contributed by atoms with E-state index in [-0.39, 0.29) is 11.6 Å². The van der Waals surface area contributed by atoms with E-state index in [1.165, 1.54) is 6.07 Å². The van der Waals surface area contributed by atoms with Gasteiger partial charge in [-0.2, -0.15) is 0 Å². The molecule has 1 aromatic heterocycles. The Morgan fingerprint density at radius 2 is 1.80 bits per heavy atom. The summed E-state index contributed by atoms with van der Waals surface area (Å²) in [5.41, 5.74) is 6.46. The van der Waals surface area contributed by atoms with Gasteiger partial charge in [-0.05, 0) is 46.6 Å². The lowest BCUT2D eigenvalue weighted by atomic mass is 9.79. The van der Waals surface area contributed by atoms with Gasteiger partial charge >= 0.3 is 7.12 Å². The molecule has 0 spiro atoms. The Morgan fingerprint density at radius 1 is 1.25 bits per heavy atom. The second kappa shape index (κ2) is 5.02. The normalized spacial score (nSPS) is 22.0. The van der Waals surface area contributed by atoms with E-state index in [1.807, 2.05) is 34.6 Å². The Hall–Kier alpha value is -1.11. The van der Waals surface area contributed by atoms with E-state index in [2.05, 4.69) is 4.98 Å². The van der Waals surface area contributed by atoms with Crippen molar-refractivity contribution in [2.75, 3.05) is 0 Å². The lowest BCUT2D eigenvalue weighted by Gasteiger charge is -2.32. The number of aromatic amines is 1. The first-order valence-corrected chi connectivity index (χ1v) is 6.96. The second-order valence-electron chi connectivity index (χ2n) is 6.53. The zero-order valence-corrected chi connectivity index (χ0v) is 12.8. The van der Waals surface area contributed by atoms with Crippen molar-refractivity contribution in [1.29, 1.82) is 0 Å². The molecule has 3 N–H and O–H groups in total. The van der Waals surface area contributed by atoms with Gasteiger partial charge in [-0.15, -0.1) is 0 Å². The molecule has 0 aliphatic carbocycles. The van der Waals surface area contributed by atoms with Crippen LogP contribution < -0.4 is 16.9 Å². The summed E-state index contributed by atoms with van der Waals surface area (Å²) in [6.07, 6.45) is 0.663. The van der Waals surface area contributed by atoms with Gasteiger partial charge in [-0.25, -0.2) is 0 Å². The van der Waals surface area contributed by atoms with Gasteiger partial charge in [0.2, 0.25) is 5.56 Å². The van der Waals surface area contributed by atoms with Crippen molar-refractivity contribution in [1.82, 2.24) is 4.98 Å². The molecule has 0 bridgehead atoms. The van der Waals surface area contributed by atoms with Crippen LogP contribution in [0.2, 0.25) is 0 Å². The number of hydrogen-bond acceptors (Lipinski definition) is 4. The summed E-state index contributed by atoms with van der Waals surface area (Å²) in [5.74, 6) is 0. The van der Waals surface area contributed by atoms with Crippen LogP contribution in [0.25, 0.3) is 0 Å². The molecule has 0 saturated carbocycles. The molecule has 1 saturated heterocycles. The molecule has 0 aromatic carbocycles. The average molecular weight is 278 g/mol. The fraction of sp³-hybridized carbons (Fsp3) is 0.643. The van der Waals surface area contributed by atoms with Crippen LogP contribution in [0.3, 0.4) is 0 Å². The molecular formula is C14H23BN2O3. The van der Waals surface area contributed by atoms with Gasteiger partial charge in [0, 0.05) is 12.1 Å². The molecule has 1 aliphatic rings. The van der Waals surface area contributed by atoms with E-state index in [0.29, 0.717) is 12.0 Å². The molecule has 6 heteroatoms. The third-order valence-electron chi connectivity index (χ3n) is 4.07. The molecule has 1 unspecified atom stereocenters. The molecule has 2 rings (SSSR count). The Bertz CT molecular complexity index is 536. The third-order valence-corrected chi connectivity index (χ3v) is 4.07. The number of hydrogen-bond donors (Lipinski definition) is 2. The van der Waals surface area contributed by atoms with E-state index in [9.17, 15) is 4.79 Å². The SMILES string of the molecule is CC(N)Cc1ccc(=O)[nH]c1B1OC(C)(C)C(C)(C)O1. The van der Waals surface area contributed by atoms with Crippen LogP contribution in [-0.2, 0) is 15.7 Å². The van der Waals surface area contributed by atoms with Gasteiger partial charge in [0.05, 0.1) is 16.8 Å². The smallest absolute Gasteiger partial charge is 0.398 e. The Morgan fingerprint density at radius 3 is 2.30 bits per heavy atom. The van der Waals surface area contributed by atoms with Crippen LogP contribution >= 0.6 is 0 Å². The predicted molar refractivity (Wildman–Crippen MR) is 80.1 cm³/mol. The summed E-state index contributed by atoms with van der Waals surface area (Å²) in [7, 11) is -0.567. The summed E-state index contributed by atoms with van der Waals surface area (Å²) in [6.45, 7) is 9.87. The first kappa shape index (κ1) is 15.3. The summed E-state index contributed by atoms with van der Waals surface area (Å²) >= 11 is 0. The highest BCUT2D eigenvalue weighted by atomic mass is 16.7. The van der Waals surface area contributed by atoms with Crippen molar-refractivity contribution in [3.8, 4) is 0 Å². The maximum atomic E-state index is 11.6. The molecule has 0 amide bonds. The molecule has 1 fully saturated rings. The van der Waals surface area contributed by atoms with Gasteiger partial charge in [-0.3, -0.25) is 4.79 Å². The van der Waals surface area contributed by atoms with Crippen LogP contribution in [0.5, 0.6) is 0 Å². The molecule has 2 heterocycles. The number of H-pyrrole nitrogens is 1. The van der Waals surface area contributed by atoms with Crippen molar-refractivity contribution in [3.63, 3.8) is 0 Å². The minimum Gasteiger partial charge on any atom is -0.398 e. The topological polar surface area (TPSA) is 77.3 Å². The lowest BCUT2D eigenvalue weighted by Crippen LogP contribution is -2.42. The van der Waals surface area contributed by atoms with E-state index < -0.39 is 18.3 Å². The van der Waals surface area contributed by atoms with E-state index in [4.69, 9.17) is 15.0 Å². The Kier molecular flexibility index (Phi) is 3.84. The zero-order valence-electron chi connectivity index (χ0n) is 12.8. The van der Waals surface area contributed by atoms with Gasteiger partial charge in [0.25, 0.3) is 0 Å². The van der Waals surface area contributed by atoms with E-state index in [1.54, 1.807) is 6.07 Å². The summed E-state index contributed by atoms with van der Waals surface area (Å²) in [5, 5.41) is 0. The Labute approximate surface area is 120 Å². The highest BCUT2D eigenvalue weighted by Gasteiger charge is 2.52. The fourth-order valence-electron chi connectivity index (χ4n) is 2.22. The number of pyridine rings is 1. The maximum absolute atomic E-state index is 11.6. The first-order valence-electron chi connectivity index (χ1n) is 6.96. The third kappa shape index (κ3) is 2.82. The van der Waals surface area contributed by atoms with Crippen LogP contribution in [0.15, 0.2) is 16.9 Å². The number of aromatic nitrogens is 1. The molecule has 110 valence electrons. The largest absolute Gasteiger partial charge is 0.512 e. The number of nitrogens with two attached hydrogens (primary N) is 1. The summed E-state index contributed by atoms with van der Waals surface area (Å²) in [4.78, 5) is 14.4. The molecule has 1 aromatic rings. The molecule has 5 nitrogen and oxygen atoms in total. The minimum absolute atomic E-state index is 0.00192. The van der Waals surface area contributed by atoms with E-state index in [0.717, 1.165) is 5.56 Å².